The van der Waals surface area contributed by atoms with E-state index < -0.39 is 12.1 Å². The van der Waals surface area contributed by atoms with Gasteiger partial charge in [-0.25, -0.2) is 13.8 Å². The molecule has 2 N–H and O–H groups in total. The van der Waals surface area contributed by atoms with E-state index in [1.807, 2.05) is 0 Å². The Hall–Kier alpha value is -1.87. The molecular weight excluding hydrogens is 204 g/mol. The first-order valence-corrected chi connectivity index (χ1v) is 4.01. The zero-order chi connectivity index (χ0) is 11.4. The van der Waals surface area contributed by atoms with Crippen molar-refractivity contribution in [1.29, 1.82) is 5.26 Å². The van der Waals surface area contributed by atoms with Gasteiger partial charge in [-0.2, -0.15) is 5.26 Å². The number of aromatic nitrogens is 1. The van der Waals surface area contributed by atoms with Crippen molar-refractivity contribution in [2.75, 3.05) is 0 Å². The van der Waals surface area contributed by atoms with E-state index >= 15 is 0 Å². The van der Waals surface area contributed by atoms with Crippen molar-refractivity contribution in [2.24, 2.45) is 5.73 Å². The van der Waals surface area contributed by atoms with Gasteiger partial charge < -0.3 is 5.73 Å². The van der Waals surface area contributed by atoms with Crippen molar-refractivity contribution >= 4 is 6.29 Å². The van der Waals surface area contributed by atoms with E-state index in [2.05, 4.69) is 4.98 Å². The van der Waals surface area contributed by atoms with Gasteiger partial charge in [-0.1, -0.05) is 0 Å². The number of alkyl halides is 2. The summed E-state index contributed by atoms with van der Waals surface area (Å²) in [5.41, 5.74) is 4.59. The molecule has 1 rings (SSSR count). The molecule has 6 heteroatoms. The van der Waals surface area contributed by atoms with E-state index in [4.69, 9.17) is 11.0 Å². The Labute approximate surface area is 84.3 Å². The summed E-state index contributed by atoms with van der Waals surface area (Å²) in [7, 11) is 0. The lowest BCUT2D eigenvalue weighted by molar-refractivity contribution is 0.112. The molecule has 1 heterocycles. The third-order valence-electron chi connectivity index (χ3n) is 1.83. The minimum absolute atomic E-state index is 0.0237. The summed E-state index contributed by atoms with van der Waals surface area (Å²) in [4.78, 5) is 14.0. The number of carbonyl (C=O) groups excluding carboxylic acids is 1. The van der Waals surface area contributed by atoms with Crippen LogP contribution in [0, 0.1) is 11.3 Å². The molecule has 4 nitrogen and oxygen atoms in total. The molecule has 0 amide bonds. The average Bonchev–Trinajstić information content (AvgIpc) is 2.26. The van der Waals surface area contributed by atoms with Gasteiger partial charge in [-0.05, 0) is 11.6 Å². The number of hydrogen-bond donors (Lipinski definition) is 1. The highest BCUT2D eigenvalue weighted by Crippen LogP contribution is 2.20. The quantitative estimate of drug-likeness (QED) is 0.761. The molecule has 1 aromatic rings. The van der Waals surface area contributed by atoms with Gasteiger partial charge in [-0.3, -0.25) is 4.79 Å². The maximum absolute atomic E-state index is 12.3. The van der Waals surface area contributed by atoms with Crippen molar-refractivity contribution in [1.82, 2.24) is 4.98 Å². The van der Waals surface area contributed by atoms with Gasteiger partial charge in [0.15, 0.2) is 12.0 Å². The summed E-state index contributed by atoms with van der Waals surface area (Å²) in [5, 5.41) is 8.62. The van der Waals surface area contributed by atoms with Crippen LogP contribution < -0.4 is 5.73 Å². The molecule has 0 spiro atoms. The Kier molecular flexibility index (Phi) is 3.42. The summed E-state index contributed by atoms with van der Waals surface area (Å²) in [6.07, 6.45) is -2.40. The van der Waals surface area contributed by atoms with E-state index in [0.717, 1.165) is 6.07 Å². The molecule has 0 bridgehead atoms. The molecule has 0 aliphatic rings. The Morgan fingerprint density at radius 3 is 2.73 bits per heavy atom. The number of pyridine rings is 1. The lowest BCUT2D eigenvalue weighted by Crippen LogP contribution is -2.07. The molecule has 0 saturated carbocycles. The second kappa shape index (κ2) is 4.57. The maximum Gasteiger partial charge on any atom is 0.280 e. The van der Waals surface area contributed by atoms with Crippen LogP contribution in [0.1, 0.15) is 33.7 Å². The molecule has 78 valence electrons. The van der Waals surface area contributed by atoms with Gasteiger partial charge >= 0.3 is 0 Å². The molecule has 15 heavy (non-hydrogen) atoms. The lowest BCUT2D eigenvalue weighted by Gasteiger charge is -2.06. The lowest BCUT2D eigenvalue weighted by atomic mass is 10.1. The highest BCUT2D eigenvalue weighted by molar-refractivity contribution is 5.80. The SMILES string of the molecule is N#Cc1nc(C(F)F)cc(CN)c1C=O. The van der Waals surface area contributed by atoms with Crippen LogP contribution in [-0.4, -0.2) is 11.3 Å². The summed E-state index contributed by atoms with van der Waals surface area (Å²) < 4.78 is 24.7. The Balaban J connectivity index is 3.44. The molecule has 1 aromatic heterocycles. The summed E-state index contributed by atoms with van der Waals surface area (Å²) >= 11 is 0. The minimum atomic E-state index is -2.79. The molecule has 0 aliphatic heterocycles. The first-order chi connectivity index (χ1) is 7.13. The number of nitrogens with two attached hydrogens (primary N) is 1. The Morgan fingerprint density at radius 2 is 2.33 bits per heavy atom. The molecule has 0 radical (unpaired) electrons. The van der Waals surface area contributed by atoms with E-state index in [0.29, 0.717) is 6.29 Å². The largest absolute Gasteiger partial charge is 0.326 e. The fraction of sp³-hybridized carbons (Fsp3) is 0.222. The predicted octanol–water partition coefficient (Wildman–Crippen LogP) is 1.16. The third-order valence-corrected chi connectivity index (χ3v) is 1.83. The first-order valence-electron chi connectivity index (χ1n) is 4.01. The van der Waals surface area contributed by atoms with Gasteiger partial charge in [0, 0.05) is 6.54 Å². The fourth-order valence-corrected chi connectivity index (χ4v) is 1.13. The van der Waals surface area contributed by atoms with Crippen LogP contribution in [0.15, 0.2) is 6.07 Å². The van der Waals surface area contributed by atoms with Crippen LogP contribution in [0.4, 0.5) is 8.78 Å². The summed E-state index contributed by atoms with van der Waals surface area (Å²) in [5.74, 6) is 0. The normalized spacial score (nSPS) is 10.1. The van der Waals surface area contributed by atoms with Crippen LogP contribution in [0.3, 0.4) is 0 Å². The zero-order valence-electron chi connectivity index (χ0n) is 7.58. The number of halogens is 2. The molecule has 0 aliphatic carbocycles. The van der Waals surface area contributed by atoms with Crippen LogP contribution in [-0.2, 0) is 6.54 Å². The van der Waals surface area contributed by atoms with Crippen molar-refractivity contribution < 1.29 is 13.6 Å². The van der Waals surface area contributed by atoms with Gasteiger partial charge in [0.1, 0.15) is 11.8 Å². The topological polar surface area (TPSA) is 79.8 Å². The van der Waals surface area contributed by atoms with E-state index in [1.54, 1.807) is 6.07 Å². The van der Waals surface area contributed by atoms with Gasteiger partial charge in [-0.15, -0.1) is 0 Å². The maximum atomic E-state index is 12.3. The number of carbonyl (C=O) groups is 1. The Morgan fingerprint density at radius 1 is 1.67 bits per heavy atom. The Bertz CT molecular complexity index is 426. The molecular formula is C9H7F2N3O. The van der Waals surface area contributed by atoms with E-state index in [1.165, 1.54) is 0 Å². The highest BCUT2D eigenvalue weighted by atomic mass is 19.3. The number of nitrogens with zero attached hydrogens (tertiary/aromatic N) is 2. The van der Waals surface area contributed by atoms with Crippen molar-refractivity contribution in [3.63, 3.8) is 0 Å². The van der Waals surface area contributed by atoms with Crippen LogP contribution in [0.5, 0.6) is 0 Å². The number of aldehydes is 1. The average molecular weight is 211 g/mol. The summed E-state index contributed by atoms with van der Waals surface area (Å²) in [6, 6.07) is 2.62. The zero-order valence-corrected chi connectivity index (χ0v) is 7.58. The molecule has 0 saturated heterocycles. The second-order valence-corrected chi connectivity index (χ2v) is 2.70. The molecule has 0 fully saturated rings. The van der Waals surface area contributed by atoms with Gasteiger partial charge in [0.05, 0.1) is 5.56 Å². The standard InChI is InChI=1S/C9H7F2N3O/c10-9(11)7-1-5(2-12)6(4-15)8(3-13)14-7/h1,4,9H,2,12H2. The molecule has 0 unspecified atom stereocenters. The number of hydrogen-bond acceptors (Lipinski definition) is 4. The third kappa shape index (κ3) is 2.14. The van der Waals surface area contributed by atoms with E-state index in [9.17, 15) is 13.6 Å². The summed E-state index contributed by atoms with van der Waals surface area (Å²) in [6.45, 7) is -0.0923. The molecule has 0 aromatic carbocycles. The second-order valence-electron chi connectivity index (χ2n) is 2.70. The van der Waals surface area contributed by atoms with Gasteiger partial charge in [0.2, 0.25) is 0 Å². The minimum Gasteiger partial charge on any atom is -0.326 e. The number of nitriles is 1. The number of rotatable bonds is 3. The predicted molar refractivity (Wildman–Crippen MR) is 47.2 cm³/mol. The van der Waals surface area contributed by atoms with Crippen molar-refractivity contribution in [3.05, 3.63) is 28.6 Å². The van der Waals surface area contributed by atoms with Crippen LogP contribution in [0.25, 0.3) is 0 Å². The smallest absolute Gasteiger partial charge is 0.280 e. The first kappa shape index (κ1) is 11.2. The van der Waals surface area contributed by atoms with Crippen molar-refractivity contribution in [3.8, 4) is 6.07 Å². The van der Waals surface area contributed by atoms with Crippen LogP contribution >= 0.6 is 0 Å². The monoisotopic (exact) mass is 211 g/mol. The highest BCUT2D eigenvalue weighted by Gasteiger charge is 2.16. The van der Waals surface area contributed by atoms with Gasteiger partial charge in [0.25, 0.3) is 6.43 Å². The molecule has 0 atom stereocenters. The van der Waals surface area contributed by atoms with Crippen molar-refractivity contribution in [2.45, 2.75) is 13.0 Å². The van der Waals surface area contributed by atoms with E-state index in [-0.39, 0.29) is 23.4 Å². The van der Waals surface area contributed by atoms with Crippen LogP contribution in [0.2, 0.25) is 0 Å². The fourth-order valence-electron chi connectivity index (χ4n) is 1.13.